The lowest BCUT2D eigenvalue weighted by Gasteiger charge is -2.43. The summed E-state index contributed by atoms with van der Waals surface area (Å²) in [5.41, 5.74) is 0.634. The summed E-state index contributed by atoms with van der Waals surface area (Å²) < 4.78 is 0. The average molecular weight is 255 g/mol. The predicted octanol–water partition coefficient (Wildman–Crippen LogP) is 2.61. The first kappa shape index (κ1) is 11.8. The van der Waals surface area contributed by atoms with Gasteiger partial charge in [-0.25, -0.2) is 0 Å². The molecule has 0 aromatic rings. The molecule has 3 nitrogen and oxygen atoms in total. The SMILES string of the molecule is O=C(O)C1CSC2(CCC3(CCCC3)CC2)N1. The van der Waals surface area contributed by atoms with Crippen molar-refractivity contribution in [1.82, 2.24) is 5.32 Å². The number of carboxylic acids is 1. The molecule has 0 aromatic heterocycles. The molecule has 1 saturated heterocycles. The van der Waals surface area contributed by atoms with E-state index in [1.165, 1.54) is 51.4 Å². The average Bonchev–Trinajstić information content (AvgIpc) is 2.91. The lowest BCUT2D eigenvalue weighted by atomic mass is 9.71. The molecule has 1 heterocycles. The van der Waals surface area contributed by atoms with E-state index in [0.717, 1.165) is 5.75 Å². The summed E-state index contributed by atoms with van der Waals surface area (Å²) in [6.07, 6.45) is 10.6. The molecule has 2 aliphatic carbocycles. The zero-order chi connectivity index (χ0) is 11.9. The third-order valence-corrected chi connectivity index (χ3v) is 6.62. The fourth-order valence-corrected chi connectivity index (χ4v) is 5.30. The second-order valence-corrected chi connectivity index (χ2v) is 7.45. The first-order valence-corrected chi connectivity index (χ1v) is 7.76. The van der Waals surface area contributed by atoms with Crippen LogP contribution in [0.5, 0.6) is 0 Å². The molecule has 2 saturated carbocycles. The van der Waals surface area contributed by atoms with E-state index in [1.807, 2.05) is 11.8 Å². The van der Waals surface area contributed by atoms with Gasteiger partial charge in [0.25, 0.3) is 0 Å². The number of hydrogen-bond acceptors (Lipinski definition) is 3. The van der Waals surface area contributed by atoms with Crippen LogP contribution in [0, 0.1) is 5.41 Å². The molecule has 3 aliphatic rings. The fourth-order valence-electron chi connectivity index (χ4n) is 3.87. The Balaban J connectivity index is 1.63. The first-order valence-electron chi connectivity index (χ1n) is 6.78. The molecule has 2 N–H and O–H groups in total. The summed E-state index contributed by atoms with van der Waals surface area (Å²) in [7, 11) is 0. The van der Waals surface area contributed by atoms with Gasteiger partial charge in [0.15, 0.2) is 0 Å². The van der Waals surface area contributed by atoms with Gasteiger partial charge in [0.2, 0.25) is 0 Å². The summed E-state index contributed by atoms with van der Waals surface area (Å²) in [5.74, 6) is 0.0537. The summed E-state index contributed by atoms with van der Waals surface area (Å²) in [4.78, 5) is 11.1. The summed E-state index contributed by atoms with van der Waals surface area (Å²) in [5, 5.41) is 12.4. The van der Waals surface area contributed by atoms with Gasteiger partial charge in [-0.05, 0) is 43.9 Å². The van der Waals surface area contributed by atoms with E-state index in [-0.39, 0.29) is 10.9 Å². The zero-order valence-electron chi connectivity index (χ0n) is 10.2. The smallest absolute Gasteiger partial charge is 0.321 e. The lowest BCUT2D eigenvalue weighted by Crippen LogP contribution is -2.48. The number of carbonyl (C=O) groups is 1. The third-order valence-electron chi connectivity index (χ3n) is 5.04. The Morgan fingerprint density at radius 1 is 1.12 bits per heavy atom. The molecule has 3 rings (SSSR count). The molecule has 1 atom stereocenters. The molecule has 0 bridgehead atoms. The number of aliphatic carboxylic acids is 1. The third kappa shape index (κ3) is 2.10. The molecule has 3 fully saturated rings. The summed E-state index contributed by atoms with van der Waals surface area (Å²) in [6, 6.07) is -0.322. The molecule has 4 heteroatoms. The number of hydrogen-bond donors (Lipinski definition) is 2. The molecular weight excluding hydrogens is 234 g/mol. The second kappa shape index (κ2) is 4.16. The molecule has 96 valence electrons. The zero-order valence-corrected chi connectivity index (χ0v) is 11.0. The number of carboxylic acid groups (broad SMARTS) is 1. The fraction of sp³-hybridized carbons (Fsp3) is 0.923. The van der Waals surface area contributed by atoms with E-state index < -0.39 is 5.97 Å². The Bertz CT molecular complexity index is 315. The Hall–Kier alpha value is -0.220. The van der Waals surface area contributed by atoms with Crippen molar-refractivity contribution in [2.24, 2.45) is 5.41 Å². The predicted molar refractivity (Wildman–Crippen MR) is 69.1 cm³/mol. The number of nitrogens with one attached hydrogen (secondary N) is 1. The van der Waals surface area contributed by atoms with Crippen molar-refractivity contribution in [2.75, 3.05) is 5.75 Å². The standard InChI is InChI=1S/C13H21NO2S/c15-11(16)10-9-17-13(14-10)7-5-12(6-8-13)3-1-2-4-12/h10,14H,1-9H2,(H,15,16). The van der Waals surface area contributed by atoms with Gasteiger partial charge < -0.3 is 5.11 Å². The maximum atomic E-state index is 11.0. The van der Waals surface area contributed by atoms with Crippen LogP contribution in [0.4, 0.5) is 0 Å². The minimum absolute atomic E-state index is 0.0941. The summed E-state index contributed by atoms with van der Waals surface area (Å²) >= 11 is 1.85. The van der Waals surface area contributed by atoms with E-state index in [0.29, 0.717) is 5.41 Å². The van der Waals surface area contributed by atoms with Crippen LogP contribution in [0.15, 0.2) is 0 Å². The van der Waals surface area contributed by atoms with Gasteiger partial charge in [0, 0.05) is 5.75 Å². The van der Waals surface area contributed by atoms with E-state index in [4.69, 9.17) is 5.11 Å². The summed E-state index contributed by atoms with van der Waals surface area (Å²) in [6.45, 7) is 0. The highest BCUT2D eigenvalue weighted by molar-refractivity contribution is 8.00. The molecule has 1 unspecified atom stereocenters. The maximum absolute atomic E-state index is 11.0. The maximum Gasteiger partial charge on any atom is 0.321 e. The number of thioether (sulfide) groups is 1. The van der Waals surface area contributed by atoms with Crippen molar-refractivity contribution in [3.63, 3.8) is 0 Å². The van der Waals surface area contributed by atoms with E-state index >= 15 is 0 Å². The van der Waals surface area contributed by atoms with Gasteiger partial charge in [-0.3, -0.25) is 10.1 Å². The molecule has 0 aromatic carbocycles. The highest BCUT2D eigenvalue weighted by Crippen LogP contribution is 2.54. The van der Waals surface area contributed by atoms with Crippen LogP contribution in [-0.2, 0) is 4.79 Å². The van der Waals surface area contributed by atoms with E-state index in [1.54, 1.807) is 0 Å². The van der Waals surface area contributed by atoms with Crippen molar-refractivity contribution >= 4 is 17.7 Å². The highest BCUT2D eigenvalue weighted by Gasteiger charge is 2.48. The Morgan fingerprint density at radius 3 is 2.29 bits per heavy atom. The van der Waals surface area contributed by atoms with Crippen molar-refractivity contribution in [3.05, 3.63) is 0 Å². The van der Waals surface area contributed by atoms with Crippen LogP contribution >= 0.6 is 11.8 Å². The van der Waals surface area contributed by atoms with Crippen LogP contribution in [0.2, 0.25) is 0 Å². The van der Waals surface area contributed by atoms with Crippen molar-refractivity contribution < 1.29 is 9.90 Å². The van der Waals surface area contributed by atoms with Gasteiger partial charge in [-0.2, -0.15) is 0 Å². The molecule has 17 heavy (non-hydrogen) atoms. The Kier molecular flexibility index (Phi) is 2.90. The minimum Gasteiger partial charge on any atom is -0.480 e. The van der Waals surface area contributed by atoms with Gasteiger partial charge in [0.1, 0.15) is 6.04 Å². The molecule has 0 radical (unpaired) electrons. The quantitative estimate of drug-likeness (QED) is 0.756. The van der Waals surface area contributed by atoms with Crippen molar-refractivity contribution in [1.29, 1.82) is 0 Å². The van der Waals surface area contributed by atoms with Crippen molar-refractivity contribution in [2.45, 2.75) is 62.3 Å². The Morgan fingerprint density at radius 2 is 1.76 bits per heavy atom. The monoisotopic (exact) mass is 255 g/mol. The topological polar surface area (TPSA) is 49.3 Å². The van der Waals surface area contributed by atoms with Gasteiger partial charge in [-0.1, -0.05) is 12.8 Å². The van der Waals surface area contributed by atoms with Crippen LogP contribution in [0.3, 0.4) is 0 Å². The van der Waals surface area contributed by atoms with E-state index in [9.17, 15) is 4.79 Å². The van der Waals surface area contributed by atoms with E-state index in [2.05, 4.69) is 5.32 Å². The lowest BCUT2D eigenvalue weighted by molar-refractivity contribution is -0.139. The first-order chi connectivity index (χ1) is 8.13. The Labute approximate surface area is 107 Å². The minimum atomic E-state index is -0.685. The van der Waals surface area contributed by atoms with Gasteiger partial charge >= 0.3 is 5.97 Å². The number of rotatable bonds is 1. The molecule has 1 aliphatic heterocycles. The molecule has 2 spiro atoms. The molecule has 0 amide bonds. The second-order valence-electron chi connectivity index (χ2n) is 6.05. The van der Waals surface area contributed by atoms with Crippen LogP contribution in [-0.4, -0.2) is 27.7 Å². The van der Waals surface area contributed by atoms with Crippen LogP contribution in [0.25, 0.3) is 0 Å². The van der Waals surface area contributed by atoms with Crippen molar-refractivity contribution in [3.8, 4) is 0 Å². The normalized spacial score (nSPS) is 34.5. The van der Waals surface area contributed by atoms with Crippen LogP contribution in [0.1, 0.15) is 51.4 Å². The van der Waals surface area contributed by atoms with Gasteiger partial charge in [0.05, 0.1) is 4.87 Å². The largest absolute Gasteiger partial charge is 0.480 e. The van der Waals surface area contributed by atoms with Crippen LogP contribution < -0.4 is 5.32 Å². The van der Waals surface area contributed by atoms with Gasteiger partial charge in [-0.15, -0.1) is 11.8 Å². The highest BCUT2D eigenvalue weighted by atomic mass is 32.2. The molecular formula is C13H21NO2S.